The molecule has 22 heavy (non-hydrogen) atoms. The third-order valence-corrected chi connectivity index (χ3v) is 5.27. The second-order valence-electron chi connectivity index (χ2n) is 8.05. The molecule has 2 N–H and O–H groups in total. The summed E-state index contributed by atoms with van der Waals surface area (Å²) in [6, 6.07) is 4.18. The molecule has 0 amide bonds. The van der Waals surface area contributed by atoms with E-state index in [2.05, 4.69) is 26.8 Å². The SMILES string of the molecule is Cc1cc(O)c2c(c1)C([C@@H](C)CCCC(C)(C)O)CC[C@H]2C. The number of hydrogen-bond acceptors (Lipinski definition) is 2. The van der Waals surface area contributed by atoms with Gasteiger partial charge in [-0.3, -0.25) is 0 Å². The van der Waals surface area contributed by atoms with Crippen LogP contribution < -0.4 is 0 Å². The number of aromatic hydroxyl groups is 1. The zero-order chi connectivity index (χ0) is 16.5. The molecule has 0 spiro atoms. The van der Waals surface area contributed by atoms with Crippen molar-refractivity contribution in [2.24, 2.45) is 5.92 Å². The summed E-state index contributed by atoms with van der Waals surface area (Å²) in [4.78, 5) is 0. The summed E-state index contributed by atoms with van der Waals surface area (Å²) in [5, 5.41) is 20.2. The summed E-state index contributed by atoms with van der Waals surface area (Å²) in [6.07, 6.45) is 5.41. The molecule has 1 aromatic rings. The summed E-state index contributed by atoms with van der Waals surface area (Å²) in [6.45, 7) is 10.4. The van der Waals surface area contributed by atoms with E-state index in [4.69, 9.17) is 0 Å². The van der Waals surface area contributed by atoms with Crippen LogP contribution in [0, 0.1) is 12.8 Å². The van der Waals surface area contributed by atoms with Gasteiger partial charge >= 0.3 is 0 Å². The monoisotopic (exact) mass is 304 g/mol. The van der Waals surface area contributed by atoms with Crippen molar-refractivity contribution in [3.8, 4) is 5.75 Å². The van der Waals surface area contributed by atoms with Gasteiger partial charge < -0.3 is 10.2 Å². The quantitative estimate of drug-likeness (QED) is 0.779. The highest BCUT2D eigenvalue weighted by atomic mass is 16.3. The van der Waals surface area contributed by atoms with Gasteiger partial charge in [-0.2, -0.15) is 0 Å². The van der Waals surface area contributed by atoms with E-state index in [1.54, 1.807) is 0 Å². The van der Waals surface area contributed by atoms with E-state index in [0.29, 0.717) is 23.5 Å². The van der Waals surface area contributed by atoms with Crippen LogP contribution in [0.2, 0.25) is 0 Å². The van der Waals surface area contributed by atoms with E-state index in [9.17, 15) is 10.2 Å². The first kappa shape index (κ1) is 17.3. The molecule has 2 rings (SSSR count). The van der Waals surface area contributed by atoms with Gasteiger partial charge in [0.25, 0.3) is 0 Å². The molecule has 0 saturated heterocycles. The third-order valence-electron chi connectivity index (χ3n) is 5.27. The fourth-order valence-corrected chi connectivity index (χ4v) is 4.03. The first-order valence-corrected chi connectivity index (χ1v) is 8.75. The minimum Gasteiger partial charge on any atom is -0.508 e. The summed E-state index contributed by atoms with van der Waals surface area (Å²) >= 11 is 0. The fourth-order valence-electron chi connectivity index (χ4n) is 4.03. The second kappa shape index (κ2) is 6.62. The minimum absolute atomic E-state index is 0.454. The van der Waals surface area contributed by atoms with Gasteiger partial charge in [-0.1, -0.05) is 32.8 Å². The average molecular weight is 304 g/mol. The first-order valence-electron chi connectivity index (χ1n) is 8.75. The molecule has 0 bridgehead atoms. The van der Waals surface area contributed by atoms with Crippen LogP contribution in [0.5, 0.6) is 5.75 Å². The topological polar surface area (TPSA) is 40.5 Å². The zero-order valence-corrected chi connectivity index (χ0v) is 14.8. The second-order valence-corrected chi connectivity index (χ2v) is 8.05. The van der Waals surface area contributed by atoms with Crippen LogP contribution in [0.15, 0.2) is 12.1 Å². The molecule has 3 atom stereocenters. The summed E-state index contributed by atoms with van der Waals surface area (Å²) in [7, 11) is 0. The lowest BCUT2D eigenvalue weighted by Crippen LogP contribution is -2.21. The van der Waals surface area contributed by atoms with E-state index in [-0.39, 0.29) is 0 Å². The predicted octanol–water partition coefficient (Wildman–Crippen LogP) is 5.26. The van der Waals surface area contributed by atoms with Gasteiger partial charge in [-0.05, 0) is 75.0 Å². The minimum atomic E-state index is -0.562. The normalized spacial score (nSPS) is 23.2. The Morgan fingerprint density at radius 1 is 1.27 bits per heavy atom. The highest BCUT2D eigenvalue weighted by molar-refractivity contribution is 5.48. The Hall–Kier alpha value is -1.02. The lowest BCUT2D eigenvalue weighted by Gasteiger charge is -2.34. The van der Waals surface area contributed by atoms with Crippen molar-refractivity contribution in [2.45, 2.75) is 84.2 Å². The highest BCUT2D eigenvalue weighted by Crippen LogP contribution is 2.47. The Labute approximate surface area is 135 Å². The maximum Gasteiger partial charge on any atom is 0.119 e. The van der Waals surface area contributed by atoms with Crippen LogP contribution in [-0.2, 0) is 0 Å². The lowest BCUT2D eigenvalue weighted by molar-refractivity contribution is 0.0665. The molecule has 0 radical (unpaired) electrons. The van der Waals surface area contributed by atoms with E-state index in [1.807, 2.05) is 19.9 Å². The van der Waals surface area contributed by atoms with Crippen molar-refractivity contribution >= 4 is 0 Å². The molecule has 124 valence electrons. The molecule has 0 aromatic heterocycles. The van der Waals surface area contributed by atoms with Crippen LogP contribution in [0.1, 0.15) is 88.3 Å². The number of hydrogen-bond donors (Lipinski definition) is 2. The first-order chi connectivity index (χ1) is 10.2. The molecule has 1 aromatic carbocycles. The largest absolute Gasteiger partial charge is 0.508 e. The van der Waals surface area contributed by atoms with Gasteiger partial charge in [-0.25, -0.2) is 0 Å². The number of phenolic OH excluding ortho intramolecular Hbond substituents is 1. The number of rotatable bonds is 5. The van der Waals surface area contributed by atoms with Crippen LogP contribution in [0.3, 0.4) is 0 Å². The van der Waals surface area contributed by atoms with Crippen molar-refractivity contribution in [1.82, 2.24) is 0 Å². The summed E-state index contributed by atoms with van der Waals surface area (Å²) in [5.74, 6) is 2.07. The summed E-state index contributed by atoms with van der Waals surface area (Å²) in [5.41, 5.74) is 3.13. The fraction of sp³-hybridized carbons (Fsp3) is 0.700. The number of aryl methyl sites for hydroxylation is 1. The molecule has 0 heterocycles. The molecule has 0 fully saturated rings. The molecule has 0 saturated carbocycles. The number of fused-ring (bicyclic) bond motifs is 1. The average Bonchev–Trinajstić information content (AvgIpc) is 2.36. The predicted molar refractivity (Wildman–Crippen MR) is 92.5 cm³/mol. The van der Waals surface area contributed by atoms with Gasteiger partial charge in [0.05, 0.1) is 5.60 Å². The molecule has 1 unspecified atom stereocenters. The Kier molecular flexibility index (Phi) is 5.21. The van der Waals surface area contributed by atoms with Crippen LogP contribution in [-0.4, -0.2) is 15.8 Å². The Balaban J connectivity index is 2.15. The van der Waals surface area contributed by atoms with Crippen LogP contribution in [0.25, 0.3) is 0 Å². The van der Waals surface area contributed by atoms with E-state index in [1.165, 1.54) is 17.5 Å². The zero-order valence-electron chi connectivity index (χ0n) is 14.8. The van der Waals surface area contributed by atoms with Gasteiger partial charge in [0.15, 0.2) is 0 Å². The van der Waals surface area contributed by atoms with Gasteiger partial charge in [-0.15, -0.1) is 0 Å². The number of aliphatic hydroxyl groups is 1. The Bertz CT molecular complexity index is 513. The molecule has 2 nitrogen and oxygen atoms in total. The molecular weight excluding hydrogens is 272 g/mol. The van der Waals surface area contributed by atoms with Gasteiger partial charge in [0, 0.05) is 5.56 Å². The van der Waals surface area contributed by atoms with Crippen molar-refractivity contribution in [1.29, 1.82) is 0 Å². The highest BCUT2D eigenvalue weighted by Gasteiger charge is 2.30. The Morgan fingerprint density at radius 3 is 2.59 bits per heavy atom. The molecule has 1 aliphatic rings. The molecular formula is C20H32O2. The maximum absolute atomic E-state index is 10.4. The summed E-state index contributed by atoms with van der Waals surface area (Å²) < 4.78 is 0. The van der Waals surface area contributed by atoms with Gasteiger partial charge in [0.2, 0.25) is 0 Å². The molecule has 0 aliphatic heterocycles. The molecule has 2 heteroatoms. The van der Waals surface area contributed by atoms with Crippen molar-refractivity contribution in [2.75, 3.05) is 0 Å². The third kappa shape index (κ3) is 4.04. The standard InChI is InChI=1S/C20H32O2/c1-13-11-17-16(14(2)7-6-10-20(4,5)22)9-8-15(3)19(17)18(21)12-13/h11-12,14-16,21-22H,6-10H2,1-5H3/t14-,15+,16?/m0/s1. The van der Waals surface area contributed by atoms with Crippen molar-refractivity contribution in [3.05, 3.63) is 28.8 Å². The number of benzene rings is 1. The van der Waals surface area contributed by atoms with E-state index < -0.39 is 5.60 Å². The maximum atomic E-state index is 10.4. The number of phenols is 1. The van der Waals surface area contributed by atoms with Gasteiger partial charge in [0.1, 0.15) is 5.75 Å². The van der Waals surface area contributed by atoms with E-state index >= 15 is 0 Å². The lowest BCUT2D eigenvalue weighted by atomic mass is 9.70. The van der Waals surface area contributed by atoms with Crippen LogP contribution in [0.4, 0.5) is 0 Å². The Morgan fingerprint density at radius 2 is 1.95 bits per heavy atom. The van der Waals surface area contributed by atoms with Crippen molar-refractivity contribution in [3.63, 3.8) is 0 Å². The smallest absolute Gasteiger partial charge is 0.119 e. The van der Waals surface area contributed by atoms with Crippen LogP contribution >= 0.6 is 0 Å². The van der Waals surface area contributed by atoms with Crippen molar-refractivity contribution < 1.29 is 10.2 Å². The molecule has 1 aliphatic carbocycles. The van der Waals surface area contributed by atoms with E-state index in [0.717, 1.165) is 31.2 Å².